The van der Waals surface area contributed by atoms with Gasteiger partial charge in [-0.1, -0.05) is 0 Å². The minimum Gasteiger partial charge on any atom is -0.340 e. The highest BCUT2D eigenvalue weighted by Crippen LogP contribution is 2.29. The lowest BCUT2D eigenvalue weighted by molar-refractivity contribution is 0.426. The lowest BCUT2D eigenvalue weighted by atomic mass is 10.2. The fourth-order valence-electron chi connectivity index (χ4n) is 3.51. The molecular weight excluding hydrogens is 469 g/mol. The molecule has 4 aromatic rings. The summed E-state index contributed by atoms with van der Waals surface area (Å²) in [6, 6.07) is 17.9. The highest BCUT2D eigenvalue weighted by atomic mass is 32.2. The van der Waals surface area contributed by atoms with Crippen molar-refractivity contribution < 1.29 is 4.39 Å². The summed E-state index contributed by atoms with van der Waals surface area (Å²) >= 11 is 3.17. The second-order valence-corrected chi connectivity index (χ2v) is 9.64. The molecule has 1 aliphatic rings. The van der Waals surface area contributed by atoms with Crippen LogP contribution in [0, 0.1) is 17.1 Å². The number of hydrogen-bond donors (Lipinski definition) is 1. The smallest absolute Gasteiger partial charge is 0.228 e. The number of anilines is 3. The zero-order valence-electron chi connectivity index (χ0n) is 18.1. The van der Waals surface area contributed by atoms with Crippen molar-refractivity contribution >= 4 is 40.7 Å². The first kappa shape index (κ1) is 22.3. The highest BCUT2D eigenvalue weighted by Gasteiger charge is 2.21. The summed E-state index contributed by atoms with van der Waals surface area (Å²) in [5, 5.41) is 12.4. The molecule has 0 saturated carbocycles. The number of benzene rings is 2. The van der Waals surface area contributed by atoms with Crippen LogP contribution in [0.1, 0.15) is 5.56 Å². The van der Waals surface area contributed by atoms with Crippen LogP contribution in [0.3, 0.4) is 0 Å². The Kier molecular flexibility index (Phi) is 6.67. The Labute approximate surface area is 205 Å². The molecule has 10 heteroatoms. The van der Waals surface area contributed by atoms with E-state index in [1.54, 1.807) is 47.9 Å². The Hall–Kier alpha value is -3.52. The summed E-state index contributed by atoms with van der Waals surface area (Å²) in [4.78, 5) is 18.0. The van der Waals surface area contributed by atoms with Crippen molar-refractivity contribution in [3.63, 3.8) is 0 Å². The molecule has 5 rings (SSSR count). The van der Waals surface area contributed by atoms with Crippen LogP contribution in [-0.2, 0) is 0 Å². The molecule has 1 fully saturated rings. The van der Waals surface area contributed by atoms with Gasteiger partial charge in [-0.15, -0.1) is 11.3 Å². The Bertz CT molecular complexity index is 1280. The zero-order chi connectivity index (χ0) is 23.3. The van der Waals surface area contributed by atoms with Crippen molar-refractivity contribution in [1.82, 2.24) is 19.3 Å². The van der Waals surface area contributed by atoms with Crippen LogP contribution < -0.4 is 10.2 Å². The predicted octanol–water partition coefficient (Wildman–Crippen LogP) is 5.18. The Morgan fingerprint density at radius 2 is 1.76 bits per heavy atom. The minimum absolute atomic E-state index is 0.224. The number of rotatable bonds is 6. The van der Waals surface area contributed by atoms with E-state index in [9.17, 15) is 4.39 Å². The van der Waals surface area contributed by atoms with Gasteiger partial charge in [-0.2, -0.15) is 10.2 Å². The minimum atomic E-state index is -0.224. The third-order valence-electron chi connectivity index (χ3n) is 5.26. The van der Waals surface area contributed by atoms with Crippen LogP contribution in [0.15, 0.2) is 71.2 Å². The summed E-state index contributed by atoms with van der Waals surface area (Å²) in [5.41, 5.74) is 4.05. The Balaban J connectivity index is 1.33. The Morgan fingerprint density at radius 3 is 2.44 bits per heavy atom. The monoisotopic (exact) mass is 489 g/mol. The maximum absolute atomic E-state index is 13.2. The molecule has 0 atom stereocenters. The summed E-state index contributed by atoms with van der Waals surface area (Å²) < 4.78 is 15.4. The highest BCUT2D eigenvalue weighted by molar-refractivity contribution is 7.97. The predicted molar refractivity (Wildman–Crippen MR) is 134 cm³/mol. The van der Waals surface area contributed by atoms with Crippen LogP contribution in [0.2, 0.25) is 0 Å². The van der Waals surface area contributed by atoms with Crippen LogP contribution >= 0.6 is 23.3 Å². The fourth-order valence-corrected chi connectivity index (χ4v) is 4.99. The number of nitrogens with one attached hydrogen (secondary N) is 1. The molecule has 0 spiro atoms. The molecule has 1 aliphatic heterocycles. The number of nitrogens with zero attached hydrogens (tertiary/aromatic N) is 6. The van der Waals surface area contributed by atoms with E-state index >= 15 is 0 Å². The third kappa shape index (κ3) is 5.34. The molecule has 1 N–H and O–H groups in total. The molecule has 0 aliphatic carbocycles. The second kappa shape index (κ2) is 10.2. The molecule has 1 saturated heterocycles. The second-order valence-electron chi connectivity index (χ2n) is 7.58. The fraction of sp³-hybridized carbons (Fsp3) is 0.167. The van der Waals surface area contributed by atoms with E-state index in [0.717, 1.165) is 47.3 Å². The third-order valence-corrected chi connectivity index (χ3v) is 7.16. The van der Waals surface area contributed by atoms with Gasteiger partial charge in [0, 0.05) is 49.0 Å². The van der Waals surface area contributed by atoms with Crippen molar-refractivity contribution in [3.8, 4) is 16.6 Å². The summed E-state index contributed by atoms with van der Waals surface area (Å²) in [5.74, 6) is 1.12. The van der Waals surface area contributed by atoms with Gasteiger partial charge in [0.05, 0.1) is 27.7 Å². The van der Waals surface area contributed by atoms with Gasteiger partial charge < -0.3 is 10.2 Å². The quantitative estimate of drug-likeness (QED) is 0.371. The molecular formula is C24H20FN7S2. The molecule has 0 radical (unpaired) electrons. The van der Waals surface area contributed by atoms with E-state index in [4.69, 9.17) is 15.2 Å². The molecule has 34 heavy (non-hydrogen) atoms. The number of piperazine rings is 1. The van der Waals surface area contributed by atoms with Crippen molar-refractivity contribution in [2.24, 2.45) is 0 Å². The van der Waals surface area contributed by atoms with Crippen molar-refractivity contribution in [1.29, 1.82) is 5.26 Å². The van der Waals surface area contributed by atoms with Crippen molar-refractivity contribution in [2.45, 2.75) is 4.90 Å². The molecule has 2 aromatic heterocycles. The van der Waals surface area contributed by atoms with Crippen LogP contribution in [-0.4, -0.2) is 45.4 Å². The van der Waals surface area contributed by atoms with Gasteiger partial charge in [0.15, 0.2) is 0 Å². The molecule has 0 amide bonds. The summed E-state index contributed by atoms with van der Waals surface area (Å²) in [7, 11) is 0. The Morgan fingerprint density at radius 1 is 1.00 bits per heavy atom. The van der Waals surface area contributed by atoms with Gasteiger partial charge in [0.25, 0.3) is 0 Å². The van der Waals surface area contributed by atoms with Gasteiger partial charge >= 0.3 is 0 Å². The zero-order valence-corrected chi connectivity index (χ0v) is 19.7. The van der Waals surface area contributed by atoms with E-state index in [1.807, 2.05) is 18.2 Å². The first-order valence-electron chi connectivity index (χ1n) is 10.6. The van der Waals surface area contributed by atoms with Gasteiger partial charge in [-0.3, -0.25) is 4.98 Å². The SMILES string of the molecule is N#Cc1ccc(Nc2cc(-c3cncs3)nc(N3CCN(Sc4ccc(F)cc4)CC3)n2)cc1. The summed E-state index contributed by atoms with van der Waals surface area (Å²) in [6.07, 6.45) is 1.81. The standard InChI is InChI=1S/C24H20FN7S2/c25-18-3-7-20(8-4-18)34-32-11-9-31(10-12-32)24-29-21(22-15-27-16-33-22)13-23(30-24)28-19-5-1-17(14-26)2-6-19/h1-8,13,15-16H,9-12H2,(H,28,29,30). The maximum atomic E-state index is 13.2. The molecule has 0 unspecified atom stereocenters. The summed E-state index contributed by atoms with van der Waals surface area (Å²) in [6.45, 7) is 3.20. The molecule has 2 aromatic carbocycles. The van der Waals surface area contributed by atoms with Gasteiger partial charge in [0.2, 0.25) is 5.95 Å². The molecule has 170 valence electrons. The number of aromatic nitrogens is 3. The first-order valence-corrected chi connectivity index (χ1v) is 12.3. The number of halogens is 1. The largest absolute Gasteiger partial charge is 0.340 e. The van der Waals surface area contributed by atoms with E-state index in [2.05, 4.69) is 25.6 Å². The number of nitriles is 1. The van der Waals surface area contributed by atoms with Crippen LogP contribution in [0.5, 0.6) is 0 Å². The van der Waals surface area contributed by atoms with E-state index in [1.165, 1.54) is 23.5 Å². The number of hydrogen-bond acceptors (Lipinski definition) is 9. The average molecular weight is 490 g/mol. The van der Waals surface area contributed by atoms with Crippen LogP contribution in [0.4, 0.5) is 21.8 Å². The molecule has 0 bridgehead atoms. The lowest BCUT2D eigenvalue weighted by Crippen LogP contribution is -2.44. The number of thiazole rings is 1. The molecule has 7 nitrogen and oxygen atoms in total. The van der Waals surface area contributed by atoms with Crippen molar-refractivity contribution in [3.05, 3.63) is 77.7 Å². The van der Waals surface area contributed by atoms with E-state index in [-0.39, 0.29) is 5.82 Å². The van der Waals surface area contributed by atoms with Gasteiger partial charge in [0.1, 0.15) is 11.6 Å². The van der Waals surface area contributed by atoms with Gasteiger partial charge in [-0.05, 0) is 60.5 Å². The topological polar surface area (TPSA) is 81.0 Å². The van der Waals surface area contributed by atoms with E-state index < -0.39 is 0 Å². The first-order chi connectivity index (χ1) is 16.7. The van der Waals surface area contributed by atoms with Crippen LogP contribution in [0.25, 0.3) is 10.6 Å². The average Bonchev–Trinajstić information content (AvgIpc) is 3.42. The van der Waals surface area contributed by atoms with E-state index in [0.29, 0.717) is 17.3 Å². The lowest BCUT2D eigenvalue weighted by Gasteiger charge is -2.34. The van der Waals surface area contributed by atoms with Gasteiger partial charge in [-0.25, -0.2) is 13.7 Å². The normalized spacial score (nSPS) is 14.1. The maximum Gasteiger partial charge on any atom is 0.228 e. The van der Waals surface area contributed by atoms with Crippen molar-refractivity contribution in [2.75, 3.05) is 36.4 Å². The molecule has 3 heterocycles.